The van der Waals surface area contributed by atoms with E-state index in [4.69, 9.17) is 0 Å². The Morgan fingerprint density at radius 2 is 1.95 bits per heavy atom. The lowest BCUT2D eigenvalue weighted by molar-refractivity contribution is 0.561. The Morgan fingerprint density at radius 3 is 2.67 bits per heavy atom. The standard InChI is InChI=1S/C19H22FN/c1-13-7-8-16(11-19(13)20)14(2)21-12-17-5-3-4-6-18(17)15-9-10-15/h3-8,11,14-15,21H,9-10,12H2,1-2H3. The van der Waals surface area contributed by atoms with Gasteiger partial charge in [-0.1, -0.05) is 36.4 Å². The van der Waals surface area contributed by atoms with Gasteiger partial charge in [0, 0.05) is 12.6 Å². The topological polar surface area (TPSA) is 12.0 Å². The molecular weight excluding hydrogens is 261 g/mol. The number of halogens is 1. The maximum Gasteiger partial charge on any atom is 0.126 e. The van der Waals surface area contributed by atoms with Crippen LogP contribution < -0.4 is 5.32 Å². The molecule has 0 aromatic heterocycles. The molecule has 0 saturated heterocycles. The first kappa shape index (κ1) is 14.3. The van der Waals surface area contributed by atoms with Gasteiger partial charge in [-0.3, -0.25) is 0 Å². The van der Waals surface area contributed by atoms with E-state index in [1.54, 1.807) is 13.0 Å². The zero-order valence-electron chi connectivity index (χ0n) is 12.7. The summed E-state index contributed by atoms with van der Waals surface area (Å²) in [6.45, 7) is 4.72. The minimum absolute atomic E-state index is 0.125. The van der Waals surface area contributed by atoms with Gasteiger partial charge >= 0.3 is 0 Å². The summed E-state index contributed by atoms with van der Waals surface area (Å²) in [4.78, 5) is 0. The fourth-order valence-electron chi connectivity index (χ4n) is 2.75. The molecular formula is C19H22FN. The number of aryl methyl sites for hydroxylation is 1. The van der Waals surface area contributed by atoms with E-state index < -0.39 is 0 Å². The number of benzene rings is 2. The van der Waals surface area contributed by atoms with Crippen LogP contribution in [0.2, 0.25) is 0 Å². The SMILES string of the molecule is Cc1ccc(C(C)NCc2ccccc2C2CC2)cc1F. The van der Waals surface area contributed by atoms with Crippen molar-refractivity contribution < 1.29 is 4.39 Å². The van der Waals surface area contributed by atoms with Gasteiger partial charge in [0.2, 0.25) is 0 Å². The predicted octanol–water partition coefficient (Wildman–Crippen LogP) is 4.86. The zero-order valence-corrected chi connectivity index (χ0v) is 12.7. The summed E-state index contributed by atoms with van der Waals surface area (Å²) in [6, 6.07) is 14.3. The fourth-order valence-corrected chi connectivity index (χ4v) is 2.75. The van der Waals surface area contributed by atoms with Crippen molar-refractivity contribution in [2.24, 2.45) is 0 Å². The molecule has 1 fully saturated rings. The third kappa shape index (κ3) is 3.33. The van der Waals surface area contributed by atoms with Crippen LogP contribution in [0.25, 0.3) is 0 Å². The molecule has 1 aliphatic carbocycles. The van der Waals surface area contributed by atoms with Crippen LogP contribution in [-0.4, -0.2) is 0 Å². The highest BCUT2D eigenvalue weighted by molar-refractivity contribution is 5.33. The maximum absolute atomic E-state index is 13.7. The Hall–Kier alpha value is -1.67. The summed E-state index contributed by atoms with van der Waals surface area (Å²) in [7, 11) is 0. The molecule has 0 aliphatic heterocycles. The first-order valence-corrected chi connectivity index (χ1v) is 7.72. The third-order valence-corrected chi connectivity index (χ3v) is 4.37. The molecule has 3 rings (SSSR count). The van der Waals surface area contributed by atoms with E-state index in [2.05, 4.69) is 36.5 Å². The molecule has 1 saturated carbocycles. The smallest absolute Gasteiger partial charge is 0.126 e. The normalized spacial score (nSPS) is 16.0. The van der Waals surface area contributed by atoms with Gasteiger partial charge in [0.15, 0.2) is 0 Å². The van der Waals surface area contributed by atoms with Gasteiger partial charge in [-0.25, -0.2) is 4.39 Å². The van der Waals surface area contributed by atoms with Crippen LogP contribution in [0.5, 0.6) is 0 Å². The van der Waals surface area contributed by atoms with Crippen LogP contribution in [0.3, 0.4) is 0 Å². The van der Waals surface area contributed by atoms with E-state index in [0.717, 1.165) is 18.0 Å². The maximum atomic E-state index is 13.7. The highest BCUT2D eigenvalue weighted by Gasteiger charge is 2.25. The molecule has 0 amide bonds. The Bertz CT molecular complexity index is 631. The summed E-state index contributed by atoms with van der Waals surface area (Å²) >= 11 is 0. The lowest BCUT2D eigenvalue weighted by atomic mass is 10.0. The van der Waals surface area contributed by atoms with Gasteiger partial charge < -0.3 is 5.32 Å². The fraction of sp³-hybridized carbons (Fsp3) is 0.368. The molecule has 0 bridgehead atoms. The zero-order chi connectivity index (χ0) is 14.8. The first-order chi connectivity index (χ1) is 10.1. The molecule has 0 radical (unpaired) electrons. The molecule has 1 atom stereocenters. The minimum atomic E-state index is -0.125. The van der Waals surface area contributed by atoms with E-state index in [0.29, 0.717) is 5.56 Å². The monoisotopic (exact) mass is 283 g/mol. The molecule has 2 heteroatoms. The molecule has 1 nitrogen and oxygen atoms in total. The molecule has 21 heavy (non-hydrogen) atoms. The van der Waals surface area contributed by atoms with Crippen LogP contribution in [0.1, 0.15) is 54.0 Å². The number of rotatable bonds is 5. The molecule has 1 unspecified atom stereocenters. The average Bonchev–Trinajstić information content (AvgIpc) is 3.32. The molecule has 110 valence electrons. The van der Waals surface area contributed by atoms with E-state index in [-0.39, 0.29) is 11.9 Å². The number of hydrogen-bond acceptors (Lipinski definition) is 1. The Morgan fingerprint density at radius 1 is 1.19 bits per heavy atom. The summed E-state index contributed by atoms with van der Waals surface area (Å²) in [5, 5.41) is 3.52. The second kappa shape index (κ2) is 5.98. The lowest BCUT2D eigenvalue weighted by Gasteiger charge is -2.16. The summed E-state index contributed by atoms with van der Waals surface area (Å²) < 4.78 is 13.7. The van der Waals surface area contributed by atoms with Crippen LogP contribution >= 0.6 is 0 Å². The predicted molar refractivity (Wildman–Crippen MR) is 84.8 cm³/mol. The summed E-state index contributed by atoms with van der Waals surface area (Å²) in [6.07, 6.45) is 2.63. The molecule has 1 N–H and O–H groups in total. The Balaban J connectivity index is 1.68. The van der Waals surface area contributed by atoms with Crippen LogP contribution in [0.4, 0.5) is 4.39 Å². The van der Waals surface area contributed by atoms with Gasteiger partial charge in [-0.15, -0.1) is 0 Å². The van der Waals surface area contributed by atoms with Gasteiger partial charge in [0.1, 0.15) is 5.82 Å². The van der Waals surface area contributed by atoms with Crippen LogP contribution in [-0.2, 0) is 6.54 Å². The number of hydrogen-bond donors (Lipinski definition) is 1. The van der Waals surface area contributed by atoms with Crippen molar-refractivity contribution in [2.45, 2.75) is 45.2 Å². The van der Waals surface area contributed by atoms with Crippen molar-refractivity contribution in [1.29, 1.82) is 0 Å². The van der Waals surface area contributed by atoms with Crippen LogP contribution in [0, 0.1) is 12.7 Å². The van der Waals surface area contributed by atoms with Gasteiger partial charge in [0.25, 0.3) is 0 Å². The van der Waals surface area contributed by atoms with Crippen molar-refractivity contribution >= 4 is 0 Å². The molecule has 2 aromatic rings. The first-order valence-electron chi connectivity index (χ1n) is 7.72. The molecule has 1 aliphatic rings. The van der Waals surface area contributed by atoms with Gasteiger partial charge in [0.05, 0.1) is 0 Å². The summed E-state index contributed by atoms with van der Waals surface area (Å²) in [5.41, 5.74) is 4.55. The number of nitrogens with one attached hydrogen (secondary N) is 1. The quantitative estimate of drug-likeness (QED) is 0.826. The third-order valence-electron chi connectivity index (χ3n) is 4.37. The van der Waals surface area contributed by atoms with E-state index in [1.165, 1.54) is 24.0 Å². The van der Waals surface area contributed by atoms with Crippen LogP contribution in [0.15, 0.2) is 42.5 Å². The van der Waals surface area contributed by atoms with Crippen molar-refractivity contribution in [2.75, 3.05) is 0 Å². The highest BCUT2D eigenvalue weighted by atomic mass is 19.1. The van der Waals surface area contributed by atoms with E-state index in [9.17, 15) is 4.39 Å². The molecule has 2 aromatic carbocycles. The van der Waals surface area contributed by atoms with Crippen molar-refractivity contribution in [3.63, 3.8) is 0 Å². The summed E-state index contributed by atoms with van der Waals surface area (Å²) in [5.74, 6) is 0.634. The molecule has 0 heterocycles. The van der Waals surface area contributed by atoms with Crippen molar-refractivity contribution in [3.8, 4) is 0 Å². The Kier molecular flexibility index (Phi) is 4.07. The average molecular weight is 283 g/mol. The van der Waals surface area contributed by atoms with Gasteiger partial charge in [-0.05, 0) is 60.9 Å². The van der Waals surface area contributed by atoms with E-state index >= 15 is 0 Å². The minimum Gasteiger partial charge on any atom is -0.306 e. The second-order valence-corrected chi connectivity index (χ2v) is 6.08. The van der Waals surface area contributed by atoms with Crippen molar-refractivity contribution in [3.05, 3.63) is 70.5 Å². The highest BCUT2D eigenvalue weighted by Crippen LogP contribution is 2.41. The van der Waals surface area contributed by atoms with E-state index in [1.807, 2.05) is 12.1 Å². The largest absolute Gasteiger partial charge is 0.306 e. The van der Waals surface area contributed by atoms with Crippen molar-refractivity contribution in [1.82, 2.24) is 5.32 Å². The molecule has 0 spiro atoms. The lowest BCUT2D eigenvalue weighted by Crippen LogP contribution is -2.19. The Labute approximate surface area is 126 Å². The van der Waals surface area contributed by atoms with Gasteiger partial charge in [-0.2, -0.15) is 0 Å². The second-order valence-electron chi connectivity index (χ2n) is 6.08.